The van der Waals surface area contributed by atoms with Crippen LogP contribution in [0.15, 0.2) is 30.6 Å². The smallest absolute Gasteiger partial charge is 0.179 e. The Hall–Kier alpha value is -1.89. The van der Waals surface area contributed by atoms with Gasteiger partial charge in [0.25, 0.3) is 0 Å². The fraction of sp³-hybridized carbons (Fsp3) is 0.560. The normalized spacial score (nSPS) is 23.2. The SMILES string of the molecule is CCC1CN(c2cnc3cnn(C(C)c4ccc(Cl)cc4Cl)c3n2)CCC1N1CCCCC1. The lowest BCUT2D eigenvalue weighted by Gasteiger charge is -2.45. The van der Waals surface area contributed by atoms with Crippen molar-refractivity contribution in [2.24, 2.45) is 5.92 Å². The molecule has 2 aliphatic heterocycles. The van der Waals surface area contributed by atoms with Crippen molar-refractivity contribution in [1.29, 1.82) is 0 Å². The van der Waals surface area contributed by atoms with E-state index in [4.69, 9.17) is 33.2 Å². The molecule has 0 bridgehead atoms. The summed E-state index contributed by atoms with van der Waals surface area (Å²) in [6.07, 6.45) is 10.1. The van der Waals surface area contributed by atoms with Crippen LogP contribution in [-0.4, -0.2) is 56.9 Å². The minimum Gasteiger partial charge on any atom is -0.355 e. The Balaban J connectivity index is 1.39. The average Bonchev–Trinajstić information content (AvgIpc) is 3.27. The Morgan fingerprint density at radius 2 is 1.91 bits per heavy atom. The van der Waals surface area contributed by atoms with Crippen molar-refractivity contribution in [3.05, 3.63) is 46.2 Å². The average molecular weight is 487 g/mol. The maximum atomic E-state index is 6.48. The third-order valence-electron chi connectivity index (χ3n) is 7.47. The lowest BCUT2D eigenvalue weighted by Crippen LogP contribution is -2.52. The lowest BCUT2D eigenvalue weighted by molar-refractivity contribution is 0.0974. The number of aromatic nitrogens is 4. The van der Waals surface area contributed by atoms with Gasteiger partial charge in [0.05, 0.1) is 18.4 Å². The topological polar surface area (TPSA) is 50.1 Å². The second-order valence-corrected chi connectivity index (χ2v) is 10.3. The fourth-order valence-electron chi connectivity index (χ4n) is 5.58. The van der Waals surface area contributed by atoms with Crippen LogP contribution < -0.4 is 4.90 Å². The number of nitrogens with zero attached hydrogens (tertiary/aromatic N) is 6. The second kappa shape index (κ2) is 9.77. The molecule has 2 fully saturated rings. The molecule has 8 heteroatoms. The molecule has 0 aliphatic carbocycles. The first-order valence-electron chi connectivity index (χ1n) is 12.2. The third-order valence-corrected chi connectivity index (χ3v) is 8.03. The molecule has 0 amide bonds. The number of anilines is 1. The molecule has 4 heterocycles. The molecule has 5 rings (SSSR count). The zero-order chi connectivity index (χ0) is 22.9. The van der Waals surface area contributed by atoms with Crippen molar-refractivity contribution in [3.63, 3.8) is 0 Å². The molecule has 2 aliphatic rings. The predicted octanol–water partition coefficient (Wildman–Crippen LogP) is 5.83. The monoisotopic (exact) mass is 486 g/mol. The molecule has 0 spiro atoms. The second-order valence-electron chi connectivity index (χ2n) is 9.43. The molecule has 0 saturated carbocycles. The number of halogens is 2. The van der Waals surface area contributed by atoms with Crippen molar-refractivity contribution >= 4 is 40.2 Å². The first-order chi connectivity index (χ1) is 16.0. The van der Waals surface area contributed by atoms with Gasteiger partial charge in [0.1, 0.15) is 11.3 Å². The van der Waals surface area contributed by atoms with Crippen LogP contribution in [-0.2, 0) is 0 Å². The van der Waals surface area contributed by atoms with Crippen molar-refractivity contribution in [3.8, 4) is 0 Å². The molecule has 1 aromatic carbocycles. The first kappa shape index (κ1) is 22.9. The molecular formula is C25H32Cl2N6. The van der Waals surface area contributed by atoms with Gasteiger partial charge in [-0.05, 0) is 62.9 Å². The van der Waals surface area contributed by atoms with E-state index in [9.17, 15) is 0 Å². The summed E-state index contributed by atoms with van der Waals surface area (Å²) in [5.41, 5.74) is 2.55. The molecule has 6 nitrogen and oxygen atoms in total. The zero-order valence-electron chi connectivity index (χ0n) is 19.4. The van der Waals surface area contributed by atoms with Gasteiger partial charge >= 0.3 is 0 Å². The van der Waals surface area contributed by atoms with E-state index in [-0.39, 0.29) is 6.04 Å². The molecule has 0 N–H and O–H groups in total. The van der Waals surface area contributed by atoms with Crippen LogP contribution in [0.3, 0.4) is 0 Å². The van der Waals surface area contributed by atoms with E-state index in [0.717, 1.165) is 35.6 Å². The van der Waals surface area contributed by atoms with Gasteiger partial charge in [-0.15, -0.1) is 0 Å². The van der Waals surface area contributed by atoms with Gasteiger partial charge in [0.2, 0.25) is 0 Å². The predicted molar refractivity (Wildman–Crippen MR) is 135 cm³/mol. The van der Waals surface area contributed by atoms with Crippen LogP contribution in [0, 0.1) is 5.92 Å². The number of hydrogen-bond donors (Lipinski definition) is 0. The van der Waals surface area contributed by atoms with Crippen molar-refractivity contribution < 1.29 is 0 Å². The summed E-state index contributed by atoms with van der Waals surface area (Å²) in [7, 11) is 0. The molecule has 3 atom stereocenters. The number of piperidine rings is 2. The van der Waals surface area contributed by atoms with Crippen LogP contribution in [0.4, 0.5) is 5.82 Å². The minimum absolute atomic E-state index is 0.0787. The number of benzene rings is 1. The van der Waals surface area contributed by atoms with Crippen molar-refractivity contribution in [1.82, 2.24) is 24.6 Å². The highest BCUT2D eigenvalue weighted by Gasteiger charge is 2.33. The lowest BCUT2D eigenvalue weighted by atomic mass is 9.87. The Morgan fingerprint density at radius 3 is 2.67 bits per heavy atom. The van der Waals surface area contributed by atoms with Crippen LogP contribution in [0.1, 0.15) is 57.6 Å². The summed E-state index contributed by atoms with van der Waals surface area (Å²) >= 11 is 12.6. The fourth-order valence-corrected chi connectivity index (χ4v) is 6.14. The maximum Gasteiger partial charge on any atom is 0.179 e. The zero-order valence-corrected chi connectivity index (χ0v) is 20.9. The molecule has 33 heavy (non-hydrogen) atoms. The maximum absolute atomic E-state index is 6.48. The van der Waals surface area contributed by atoms with E-state index in [0.29, 0.717) is 22.0 Å². The summed E-state index contributed by atoms with van der Waals surface area (Å²) < 4.78 is 1.92. The summed E-state index contributed by atoms with van der Waals surface area (Å²) in [5.74, 6) is 1.60. The van der Waals surface area contributed by atoms with Gasteiger partial charge in [0.15, 0.2) is 5.65 Å². The van der Waals surface area contributed by atoms with E-state index < -0.39 is 0 Å². The summed E-state index contributed by atoms with van der Waals surface area (Å²) in [6.45, 7) is 8.98. The van der Waals surface area contributed by atoms with Gasteiger partial charge in [-0.2, -0.15) is 5.10 Å². The quantitative estimate of drug-likeness (QED) is 0.453. The van der Waals surface area contributed by atoms with Crippen LogP contribution in [0.2, 0.25) is 10.0 Å². The van der Waals surface area contributed by atoms with Gasteiger partial charge in [0, 0.05) is 29.2 Å². The standard InChI is InChI=1S/C25H32Cl2N6/c1-3-18-16-32(12-9-23(18)31-10-5-4-6-11-31)24-15-28-22-14-29-33(25(22)30-24)17(2)20-8-7-19(26)13-21(20)27/h7-8,13-15,17-18,23H,3-6,9-12,16H2,1-2H3. The van der Waals surface area contributed by atoms with Crippen molar-refractivity contribution in [2.45, 2.75) is 58.0 Å². The summed E-state index contributed by atoms with van der Waals surface area (Å²) in [5, 5.41) is 5.86. The number of hydrogen-bond acceptors (Lipinski definition) is 5. The van der Waals surface area contributed by atoms with E-state index in [1.807, 2.05) is 23.0 Å². The van der Waals surface area contributed by atoms with Gasteiger partial charge in [-0.1, -0.05) is 49.0 Å². The highest BCUT2D eigenvalue weighted by atomic mass is 35.5. The van der Waals surface area contributed by atoms with Gasteiger partial charge < -0.3 is 4.90 Å². The summed E-state index contributed by atoms with van der Waals surface area (Å²) in [4.78, 5) is 14.9. The van der Waals surface area contributed by atoms with E-state index in [1.54, 1.807) is 12.3 Å². The van der Waals surface area contributed by atoms with Gasteiger partial charge in [-0.25, -0.2) is 14.6 Å². The number of fused-ring (bicyclic) bond motifs is 1. The minimum atomic E-state index is -0.0787. The highest BCUT2D eigenvalue weighted by molar-refractivity contribution is 6.35. The molecule has 2 saturated heterocycles. The molecule has 2 aromatic heterocycles. The van der Waals surface area contributed by atoms with E-state index in [2.05, 4.69) is 28.7 Å². The van der Waals surface area contributed by atoms with Gasteiger partial charge in [-0.3, -0.25) is 4.90 Å². The highest BCUT2D eigenvalue weighted by Crippen LogP contribution is 2.32. The largest absolute Gasteiger partial charge is 0.355 e. The Morgan fingerprint density at radius 1 is 1.09 bits per heavy atom. The first-order valence-corrected chi connectivity index (χ1v) is 12.9. The Kier molecular flexibility index (Phi) is 6.77. The van der Waals surface area contributed by atoms with E-state index >= 15 is 0 Å². The van der Waals surface area contributed by atoms with E-state index in [1.165, 1.54) is 45.2 Å². The Bertz CT molecular complexity index is 1110. The Labute approximate surface area is 205 Å². The third kappa shape index (κ3) is 4.58. The van der Waals surface area contributed by atoms with Crippen LogP contribution in [0.5, 0.6) is 0 Å². The number of likely N-dealkylation sites (tertiary alicyclic amines) is 1. The molecule has 3 aromatic rings. The number of rotatable bonds is 5. The summed E-state index contributed by atoms with van der Waals surface area (Å²) in [6, 6.07) is 6.21. The molecule has 3 unspecified atom stereocenters. The molecular weight excluding hydrogens is 455 g/mol. The van der Waals surface area contributed by atoms with Crippen molar-refractivity contribution in [2.75, 3.05) is 31.1 Å². The van der Waals surface area contributed by atoms with Crippen LogP contribution >= 0.6 is 23.2 Å². The van der Waals surface area contributed by atoms with Crippen LogP contribution in [0.25, 0.3) is 11.2 Å². The molecule has 176 valence electrons. The molecule has 0 radical (unpaired) electrons.